The normalized spacial score (nSPS) is 19.2. The van der Waals surface area contributed by atoms with Gasteiger partial charge in [0.25, 0.3) is 11.8 Å². The largest absolute Gasteiger partial charge is 0.543 e. The summed E-state index contributed by atoms with van der Waals surface area (Å²) in [6, 6.07) is 4.46. The van der Waals surface area contributed by atoms with E-state index in [1.54, 1.807) is 17.0 Å². The molecule has 0 aromatic carbocycles. The standard InChI is InChI=1S/C22H24ClN7O6S2/c23-17-13(27-22(25)38-17)14(28-36-9-8-35-7-4-24)18(31)26-15-19(32)30-16(21(33)34)12(11-37-20(15)30)10-29-5-2-1-3-6-29/h1-3,5-6,15,20H,4,7-11,24H2,(H3-,25,26,27,31,33,34)/b28-14-/t15-,20-/m1/s1. The SMILES string of the molecule is NCCOCCO/N=C(\C(=O)N[C@@H]1C(=O)N2C(C(=O)[O-])=C(C[n+]3ccccc3)CS[C@H]12)c1nc(N)sc1Cl. The summed E-state index contributed by atoms with van der Waals surface area (Å²) >= 11 is 8.46. The van der Waals surface area contributed by atoms with Gasteiger partial charge < -0.3 is 36.3 Å². The van der Waals surface area contributed by atoms with Crippen molar-refractivity contribution in [2.75, 3.05) is 37.9 Å². The molecule has 4 rings (SSSR count). The summed E-state index contributed by atoms with van der Waals surface area (Å²) in [6.45, 7) is 1.15. The quantitative estimate of drug-likeness (QED) is 0.0871. The van der Waals surface area contributed by atoms with E-state index in [2.05, 4.69) is 15.5 Å². The van der Waals surface area contributed by atoms with Gasteiger partial charge in [-0.25, -0.2) is 9.55 Å². The maximum Gasteiger partial charge on any atom is 0.276 e. The van der Waals surface area contributed by atoms with Crippen molar-refractivity contribution in [2.45, 2.75) is 18.0 Å². The number of aliphatic carboxylic acids is 1. The van der Waals surface area contributed by atoms with Crippen LogP contribution in [0.2, 0.25) is 4.34 Å². The van der Waals surface area contributed by atoms with Crippen molar-refractivity contribution in [2.24, 2.45) is 10.9 Å². The lowest BCUT2D eigenvalue weighted by molar-refractivity contribution is -0.689. The summed E-state index contributed by atoms with van der Waals surface area (Å²) in [4.78, 5) is 48.6. The number of halogens is 1. The number of pyridine rings is 1. The summed E-state index contributed by atoms with van der Waals surface area (Å²) in [5.74, 6) is -2.52. The van der Waals surface area contributed by atoms with Crippen molar-refractivity contribution in [3.05, 3.63) is 51.9 Å². The van der Waals surface area contributed by atoms with Crippen LogP contribution in [0.15, 0.2) is 47.0 Å². The fourth-order valence-corrected chi connectivity index (χ4v) is 6.07. The predicted octanol–water partition coefficient (Wildman–Crippen LogP) is -1.53. The molecule has 2 atom stereocenters. The second kappa shape index (κ2) is 12.5. The number of nitrogen functional groups attached to an aromatic ring is 1. The van der Waals surface area contributed by atoms with E-state index in [0.29, 0.717) is 24.5 Å². The highest BCUT2D eigenvalue weighted by atomic mass is 35.5. The molecule has 2 aliphatic rings. The maximum absolute atomic E-state index is 13.2. The van der Waals surface area contributed by atoms with Crippen LogP contribution >= 0.6 is 34.7 Å². The van der Waals surface area contributed by atoms with Gasteiger partial charge >= 0.3 is 0 Å². The van der Waals surface area contributed by atoms with Gasteiger partial charge in [0.2, 0.25) is 0 Å². The van der Waals surface area contributed by atoms with E-state index in [9.17, 15) is 19.5 Å². The Morgan fingerprint density at radius 3 is 2.71 bits per heavy atom. The van der Waals surface area contributed by atoms with Gasteiger partial charge in [-0.1, -0.05) is 34.2 Å². The Morgan fingerprint density at radius 1 is 1.29 bits per heavy atom. The summed E-state index contributed by atoms with van der Waals surface area (Å²) in [5.41, 5.74) is 11.1. The molecule has 1 fully saturated rings. The number of hydrogen-bond acceptors (Lipinski definition) is 12. The van der Waals surface area contributed by atoms with Crippen molar-refractivity contribution in [1.82, 2.24) is 15.2 Å². The third kappa shape index (κ3) is 6.07. The number of hydrogen-bond donors (Lipinski definition) is 3. The molecule has 0 saturated carbocycles. The number of nitrogens with one attached hydrogen (secondary N) is 1. The van der Waals surface area contributed by atoms with Crippen LogP contribution in [0.25, 0.3) is 0 Å². The fourth-order valence-electron chi connectivity index (χ4n) is 3.81. The van der Waals surface area contributed by atoms with Gasteiger partial charge in [-0.05, 0) is 0 Å². The highest BCUT2D eigenvalue weighted by Crippen LogP contribution is 2.40. The predicted molar refractivity (Wildman–Crippen MR) is 138 cm³/mol. The molecule has 202 valence electrons. The highest BCUT2D eigenvalue weighted by molar-refractivity contribution is 8.00. The van der Waals surface area contributed by atoms with E-state index >= 15 is 0 Å². The summed E-state index contributed by atoms with van der Waals surface area (Å²) in [7, 11) is 0. The van der Waals surface area contributed by atoms with Gasteiger partial charge in [0.1, 0.15) is 28.1 Å². The average Bonchev–Trinajstić information content (AvgIpc) is 3.24. The first-order valence-electron chi connectivity index (χ1n) is 11.3. The van der Waals surface area contributed by atoms with E-state index in [1.807, 2.05) is 18.2 Å². The number of amides is 2. The summed E-state index contributed by atoms with van der Waals surface area (Å²) in [5, 5.41) is 17.9. The van der Waals surface area contributed by atoms with Crippen LogP contribution in [-0.2, 0) is 30.5 Å². The lowest BCUT2D eigenvalue weighted by atomic mass is 10.0. The second-order valence-electron chi connectivity index (χ2n) is 8.00. The minimum atomic E-state index is -1.46. The number of aromatic nitrogens is 2. The number of β-lactam (4-membered cyclic amide) rings is 1. The van der Waals surface area contributed by atoms with Crippen molar-refractivity contribution in [3.63, 3.8) is 0 Å². The van der Waals surface area contributed by atoms with Crippen LogP contribution < -0.4 is 26.5 Å². The molecule has 2 aromatic heterocycles. The Kier molecular flexibility index (Phi) is 9.17. The number of carbonyl (C=O) groups excluding carboxylic acids is 3. The second-order valence-corrected chi connectivity index (χ2v) is 10.7. The smallest absolute Gasteiger partial charge is 0.276 e. The van der Waals surface area contributed by atoms with E-state index in [-0.39, 0.29) is 46.3 Å². The number of fused-ring (bicyclic) bond motifs is 1. The molecule has 5 N–H and O–H groups in total. The molecule has 38 heavy (non-hydrogen) atoms. The number of carbonyl (C=O) groups is 3. The van der Waals surface area contributed by atoms with E-state index in [0.717, 1.165) is 16.2 Å². The van der Waals surface area contributed by atoms with Crippen LogP contribution in [0.5, 0.6) is 0 Å². The molecule has 4 heterocycles. The summed E-state index contributed by atoms with van der Waals surface area (Å²) in [6.07, 6.45) is 3.59. The molecule has 0 aliphatic carbocycles. The average molecular weight is 582 g/mol. The number of oxime groups is 1. The number of nitrogens with two attached hydrogens (primary N) is 2. The Bertz CT molecular complexity index is 1270. The van der Waals surface area contributed by atoms with Crippen molar-refractivity contribution >= 4 is 63.3 Å². The molecular formula is C22H24ClN7O6S2. The first-order valence-corrected chi connectivity index (χ1v) is 13.6. The maximum atomic E-state index is 13.2. The van der Waals surface area contributed by atoms with E-state index < -0.39 is 29.2 Å². The molecule has 13 nitrogen and oxygen atoms in total. The third-order valence-corrected chi connectivity index (χ3v) is 7.88. The third-order valence-electron chi connectivity index (χ3n) is 5.46. The van der Waals surface area contributed by atoms with Crippen molar-refractivity contribution in [3.8, 4) is 0 Å². The fraction of sp³-hybridized carbons (Fsp3) is 0.364. The molecule has 2 amide bonds. The minimum Gasteiger partial charge on any atom is -0.543 e. The van der Waals surface area contributed by atoms with Gasteiger partial charge in [-0.2, -0.15) is 0 Å². The Labute approximate surface area is 230 Å². The number of anilines is 1. The monoisotopic (exact) mass is 581 g/mol. The number of thiazole rings is 1. The van der Waals surface area contributed by atoms with Crippen LogP contribution in [0.3, 0.4) is 0 Å². The topological polar surface area (TPSA) is 189 Å². The van der Waals surface area contributed by atoms with E-state index in [1.165, 1.54) is 11.8 Å². The van der Waals surface area contributed by atoms with Crippen LogP contribution in [0, 0.1) is 0 Å². The van der Waals surface area contributed by atoms with Crippen molar-refractivity contribution in [1.29, 1.82) is 0 Å². The molecule has 0 spiro atoms. The Hall–Kier alpha value is -3.24. The first-order chi connectivity index (χ1) is 18.3. The first kappa shape index (κ1) is 27.8. The molecule has 1 saturated heterocycles. The van der Waals surface area contributed by atoms with Crippen LogP contribution in [-0.4, -0.2) is 76.9 Å². The Morgan fingerprint density at radius 2 is 2.05 bits per heavy atom. The molecule has 2 aromatic rings. The zero-order valence-corrected chi connectivity index (χ0v) is 22.3. The molecule has 16 heteroatoms. The van der Waals surface area contributed by atoms with Crippen LogP contribution in [0.4, 0.5) is 5.13 Å². The highest BCUT2D eigenvalue weighted by Gasteiger charge is 2.53. The number of ether oxygens (including phenoxy) is 1. The molecule has 0 bridgehead atoms. The number of carboxylic acids is 1. The van der Waals surface area contributed by atoms with Crippen molar-refractivity contribution < 1.29 is 33.6 Å². The molecule has 0 unspecified atom stereocenters. The zero-order valence-electron chi connectivity index (χ0n) is 19.9. The lowest BCUT2D eigenvalue weighted by Gasteiger charge is -2.50. The molecule has 2 aliphatic heterocycles. The van der Waals surface area contributed by atoms with Gasteiger partial charge in [-0.3, -0.25) is 14.5 Å². The number of thioether (sulfide) groups is 1. The van der Waals surface area contributed by atoms with Gasteiger partial charge in [0.15, 0.2) is 29.8 Å². The van der Waals surface area contributed by atoms with Gasteiger partial charge in [0, 0.05) is 30.0 Å². The Balaban J connectivity index is 1.49. The zero-order chi connectivity index (χ0) is 27.2. The molecule has 0 radical (unpaired) electrons. The summed E-state index contributed by atoms with van der Waals surface area (Å²) < 4.78 is 7.12. The molecular weight excluding hydrogens is 558 g/mol. The van der Waals surface area contributed by atoms with Crippen LogP contribution in [0.1, 0.15) is 5.69 Å². The van der Waals surface area contributed by atoms with E-state index in [4.69, 9.17) is 32.6 Å². The number of rotatable bonds is 12. The van der Waals surface area contributed by atoms with Gasteiger partial charge in [0.05, 0.1) is 24.9 Å². The number of carboxylic acid groups (broad SMARTS) is 1. The minimum absolute atomic E-state index is 0.00744. The number of nitrogens with zero attached hydrogens (tertiary/aromatic N) is 4. The lowest BCUT2D eigenvalue weighted by Crippen LogP contribution is -2.71. The van der Waals surface area contributed by atoms with Gasteiger partial charge in [-0.15, -0.1) is 11.8 Å².